The van der Waals surface area contributed by atoms with Crippen LogP contribution in [0.5, 0.6) is 5.75 Å². The molecular weight excluding hydrogens is 399 g/mol. The fourth-order valence-corrected chi connectivity index (χ4v) is 3.35. The highest BCUT2D eigenvalue weighted by Gasteiger charge is 2.32. The highest BCUT2D eigenvalue weighted by molar-refractivity contribution is 5.91. The number of carbonyl (C=O) groups excluding carboxylic acids is 2. The molecule has 2 aromatic rings. The Hall–Kier alpha value is -3.23. The van der Waals surface area contributed by atoms with Crippen molar-refractivity contribution in [2.45, 2.75) is 25.1 Å². The summed E-state index contributed by atoms with van der Waals surface area (Å²) in [6.45, 7) is 0.587. The number of urea groups is 1. The maximum Gasteiger partial charge on any atom is 0.416 e. The number of hydrogen-bond donors (Lipinski definition) is 2. The van der Waals surface area contributed by atoms with Gasteiger partial charge in [0.25, 0.3) is 0 Å². The second-order valence-corrected chi connectivity index (χ2v) is 6.92. The monoisotopic (exact) mass is 421 g/mol. The van der Waals surface area contributed by atoms with Gasteiger partial charge < -0.3 is 20.3 Å². The minimum atomic E-state index is -4.51. The molecule has 1 heterocycles. The molecule has 6 nitrogen and oxygen atoms in total. The number of rotatable bonds is 6. The fraction of sp³-hybridized carbons (Fsp3) is 0.333. The van der Waals surface area contributed by atoms with Crippen LogP contribution in [0.15, 0.2) is 48.5 Å². The predicted octanol–water partition coefficient (Wildman–Crippen LogP) is 4.20. The predicted molar refractivity (Wildman–Crippen MR) is 105 cm³/mol. The molecule has 1 aliphatic heterocycles. The molecule has 1 aliphatic rings. The largest absolute Gasteiger partial charge is 0.495 e. The van der Waals surface area contributed by atoms with E-state index in [4.69, 9.17) is 4.74 Å². The van der Waals surface area contributed by atoms with Crippen LogP contribution < -0.4 is 15.4 Å². The quantitative estimate of drug-likeness (QED) is 0.735. The van der Waals surface area contributed by atoms with E-state index in [1.807, 2.05) is 0 Å². The van der Waals surface area contributed by atoms with Gasteiger partial charge in [0.1, 0.15) is 5.75 Å². The molecule has 0 spiro atoms. The van der Waals surface area contributed by atoms with Crippen molar-refractivity contribution in [3.63, 3.8) is 0 Å². The normalized spacial score (nSPS) is 15.1. The van der Waals surface area contributed by atoms with Crippen molar-refractivity contribution in [1.82, 2.24) is 10.2 Å². The molecule has 2 N–H and O–H groups in total. The van der Waals surface area contributed by atoms with Gasteiger partial charge in [0.2, 0.25) is 5.91 Å². The zero-order valence-electron chi connectivity index (χ0n) is 16.3. The summed E-state index contributed by atoms with van der Waals surface area (Å²) < 4.78 is 44.7. The Morgan fingerprint density at radius 1 is 1.20 bits per heavy atom. The number of halogens is 3. The van der Waals surface area contributed by atoms with E-state index in [1.54, 1.807) is 29.2 Å². The molecule has 9 heteroatoms. The van der Waals surface area contributed by atoms with Gasteiger partial charge in [-0.2, -0.15) is 13.2 Å². The van der Waals surface area contributed by atoms with Crippen LogP contribution in [-0.2, 0) is 11.0 Å². The average Bonchev–Trinajstić information content (AvgIpc) is 3.12. The lowest BCUT2D eigenvalue weighted by Crippen LogP contribution is -2.40. The molecule has 3 amide bonds. The Morgan fingerprint density at radius 2 is 1.97 bits per heavy atom. The van der Waals surface area contributed by atoms with E-state index >= 15 is 0 Å². The van der Waals surface area contributed by atoms with E-state index in [2.05, 4.69) is 10.6 Å². The number of nitrogens with zero attached hydrogens (tertiary/aromatic N) is 1. The first-order chi connectivity index (χ1) is 14.3. The molecule has 160 valence electrons. The van der Waals surface area contributed by atoms with Crippen LogP contribution in [0.1, 0.15) is 30.0 Å². The lowest BCUT2D eigenvalue weighted by Gasteiger charge is -2.26. The fourth-order valence-electron chi connectivity index (χ4n) is 3.35. The summed E-state index contributed by atoms with van der Waals surface area (Å²) in [6, 6.07) is 10.1. The van der Waals surface area contributed by atoms with Gasteiger partial charge in [0.05, 0.1) is 24.4 Å². The van der Waals surface area contributed by atoms with Crippen molar-refractivity contribution in [2.75, 3.05) is 25.5 Å². The number of methoxy groups -OCH3 is 1. The van der Waals surface area contributed by atoms with Crippen molar-refractivity contribution in [3.05, 3.63) is 59.7 Å². The van der Waals surface area contributed by atoms with Gasteiger partial charge in [-0.25, -0.2) is 4.79 Å². The molecule has 0 radical (unpaired) electrons. The summed E-state index contributed by atoms with van der Waals surface area (Å²) in [7, 11) is 1.46. The van der Waals surface area contributed by atoms with E-state index in [0.29, 0.717) is 30.8 Å². The number of hydrogen-bond acceptors (Lipinski definition) is 3. The van der Waals surface area contributed by atoms with Gasteiger partial charge in [-0.3, -0.25) is 4.79 Å². The lowest BCUT2D eigenvalue weighted by molar-refractivity contribution is -0.137. The third-order valence-corrected chi connectivity index (χ3v) is 4.85. The first kappa shape index (κ1) is 21.5. The number of likely N-dealkylation sites (tertiary alicyclic amines) is 1. The van der Waals surface area contributed by atoms with Crippen LogP contribution in [0, 0.1) is 0 Å². The Balaban J connectivity index is 1.82. The number of benzene rings is 2. The zero-order valence-corrected chi connectivity index (χ0v) is 16.3. The lowest BCUT2D eigenvalue weighted by atomic mass is 10.0. The van der Waals surface area contributed by atoms with Crippen LogP contribution in [-0.4, -0.2) is 37.0 Å². The van der Waals surface area contributed by atoms with Crippen molar-refractivity contribution in [2.24, 2.45) is 0 Å². The molecule has 1 saturated heterocycles. The molecule has 0 aromatic heterocycles. The highest BCUT2D eigenvalue weighted by atomic mass is 19.4. The Morgan fingerprint density at radius 3 is 2.63 bits per heavy atom. The van der Waals surface area contributed by atoms with E-state index in [-0.39, 0.29) is 18.0 Å². The number of anilines is 1. The first-order valence-corrected chi connectivity index (χ1v) is 9.43. The molecule has 0 bridgehead atoms. The summed E-state index contributed by atoms with van der Waals surface area (Å²) >= 11 is 0. The second kappa shape index (κ2) is 9.06. The average molecular weight is 421 g/mol. The third-order valence-electron chi connectivity index (χ3n) is 4.85. The van der Waals surface area contributed by atoms with E-state index in [0.717, 1.165) is 12.1 Å². The Labute approximate surface area is 172 Å². The summed E-state index contributed by atoms with van der Waals surface area (Å²) in [5.41, 5.74) is -0.137. The van der Waals surface area contributed by atoms with Crippen molar-refractivity contribution in [3.8, 4) is 5.75 Å². The number of carbonyl (C=O) groups is 2. The molecule has 1 fully saturated rings. The maximum absolute atomic E-state index is 13.2. The minimum Gasteiger partial charge on any atom is -0.495 e. The van der Waals surface area contributed by atoms with Crippen molar-refractivity contribution in [1.29, 1.82) is 0 Å². The van der Waals surface area contributed by atoms with Gasteiger partial charge in [-0.1, -0.05) is 24.3 Å². The van der Waals surface area contributed by atoms with Crippen LogP contribution in [0.3, 0.4) is 0 Å². The van der Waals surface area contributed by atoms with Gasteiger partial charge in [-0.05, 0) is 36.2 Å². The molecule has 0 aliphatic carbocycles. The summed E-state index contributed by atoms with van der Waals surface area (Å²) in [4.78, 5) is 26.2. The zero-order chi connectivity index (χ0) is 21.7. The Kier molecular flexibility index (Phi) is 6.49. The molecule has 1 unspecified atom stereocenters. The van der Waals surface area contributed by atoms with Gasteiger partial charge in [-0.15, -0.1) is 0 Å². The van der Waals surface area contributed by atoms with Crippen LogP contribution in [0.25, 0.3) is 0 Å². The van der Waals surface area contributed by atoms with E-state index in [9.17, 15) is 22.8 Å². The summed E-state index contributed by atoms with van der Waals surface area (Å²) in [5.74, 6) is 0.358. The van der Waals surface area contributed by atoms with Crippen molar-refractivity contribution < 1.29 is 27.5 Å². The first-order valence-electron chi connectivity index (χ1n) is 9.43. The molecule has 2 aromatic carbocycles. The van der Waals surface area contributed by atoms with Crippen LogP contribution in [0.4, 0.5) is 23.7 Å². The molecule has 3 rings (SSSR count). The van der Waals surface area contributed by atoms with E-state index in [1.165, 1.54) is 19.2 Å². The Bertz CT molecular complexity index is 918. The number of nitrogens with one attached hydrogen (secondary N) is 2. The number of alkyl halides is 3. The van der Waals surface area contributed by atoms with Gasteiger partial charge in [0, 0.05) is 19.5 Å². The molecule has 0 saturated carbocycles. The molecule has 1 atom stereocenters. The highest BCUT2D eigenvalue weighted by Crippen LogP contribution is 2.31. The summed E-state index contributed by atoms with van der Waals surface area (Å²) in [6.07, 6.45) is -3.44. The molecule has 30 heavy (non-hydrogen) atoms. The third kappa shape index (κ3) is 5.22. The van der Waals surface area contributed by atoms with E-state index < -0.39 is 23.8 Å². The van der Waals surface area contributed by atoms with Gasteiger partial charge in [0.15, 0.2) is 0 Å². The SMILES string of the molecule is COc1ccccc1NC(=O)NC(CN1CCCC1=O)c1cccc(C(F)(F)F)c1. The van der Waals surface area contributed by atoms with Gasteiger partial charge >= 0.3 is 12.2 Å². The standard InChI is InChI=1S/C21H22F3N3O3/c1-30-18-9-3-2-8-16(18)25-20(29)26-17(13-27-11-5-10-19(27)28)14-6-4-7-15(12-14)21(22,23)24/h2-4,6-9,12,17H,5,10-11,13H2,1H3,(H2,25,26,29). The molecular formula is C21H22F3N3O3. The number of para-hydroxylation sites is 2. The number of amides is 3. The second-order valence-electron chi connectivity index (χ2n) is 6.92. The smallest absolute Gasteiger partial charge is 0.416 e. The van der Waals surface area contributed by atoms with Crippen LogP contribution in [0.2, 0.25) is 0 Å². The number of ether oxygens (including phenoxy) is 1. The topological polar surface area (TPSA) is 70.7 Å². The summed E-state index contributed by atoms with van der Waals surface area (Å²) in [5, 5.41) is 5.33. The minimum absolute atomic E-state index is 0.0828. The van der Waals surface area contributed by atoms with Crippen LogP contribution >= 0.6 is 0 Å². The van der Waals surface area contributed by atoms with Crippen molar-refractivity contribution >= 4 is 17.6 Å². The maximum atomic E-state index is 13.2.